The maximum absolute atomic E-state index is 13.2. The van der Waals surface area contributed by atoms with Crippen LogP contribution < -0.4 is 21.9 Å². The lowest BCUT2D eigenvalue weighted by Crippen LogP contribution is -2.68. The van der Waals surface area contributed by atoms with Gasteiger partial charge in [-0.3, -0.25) is 24.0 Å². The summed E-state index contributed by atoms with van der Waals surface area (Å²) in [5.41, 5.74) is 17.8. The van der Waals surface area contributed by atoms with Crippen LogP contribution in [0.4, 0.5) is 5.13 Å². The van der Waals surface area contributed by atoms with Crippen molar-refractivity contribution in [3.05, 3.63) is 40.4 Å². The van der Waals surface area contributed by atoms with Gasteiger partial charge in [0.25, 0.3) is 5.91 Å². The second-order valence-electron chi connectivity index (χ2n) is 10.8. The lowest BCUT2D eigenvalue weighted by atomic mass is 9.74. The Bertz CT molecular complexity index is 1540. The standard InChI is InChI=1S/C26H36N8O8S2/c1-26(2)19(23(36)34(26)42-44(37,38)39)13-21(35)22(20-15-43-25(29)31-20)32-41-11-10-40-18-5-4-17-14-33(9-6-16(17)12-18)8-3-7-30-24(27)28/h4-5,12,15,19H,3,6-11,13-14H2,1-2H3,(H2,29,31)(H4,27,28,30)(H,37,38,39)/b32-22-. The first-order valence-electron chi connectivity index (χ1n) is 13.7. The van der Waals surface area contributed by atoms with Gasteiger partial charge in [0.1, 0.15) is 18.1 Å². The Kier molecular flexibility index (Phi) is 10.4. The number of hydrogen-bond acceptors (Lipinski definition) is 13. The Morgan fingerprint density at radius 1 is 1.25 bits per heavy atom. The van der Waals surface area contributed by atoms with Crippen molar-refractivity contribution in [2.45, 2.75) is 45.2 Å². The number of nitrogen functional groups attached to an aromatic ring is 1. The summed E-state index contributed by atoms with van der Waals surface area (Å²) in [6.45, 7) is 6.42. The topological polar surface area (TPSA) is 238 Å². The van der Waals surface area contributed by atoms with E-state index in [1.54, 1.807) is 0 Å². The van der Waals surface area contributed by atoms with E-state index in [-0.39, 0.29) is 42.1 Å². The number of benzene rings is 1. The van der Waals surface area contributed by atoms with E-state index in [0.29, 0.717) is 17.4 Å². The van der Waals surface area contributed by atoms with E-state index in [2.05, 4.69) is 24.3 Å². The first kappa shape index (κ1) is 33.1. The highest BCUT2D eigenvalue weighted by atomic mass is 32.3. The normalized spacial score (nSPS) is 18.3. The smallest absolute Gasteiger partial charge is 0.418 e. The number of carbonyl (C=O) groups is 2. The molecule has 1 atom stereocenters. The first-order valence-corrected chi connectivity index (χ1v) is 16.0. The summed E-state index contributed by atoms with van der Waals surface area (Å²) < 4.78 is 41.3. The van der Waals surface area contributed by atoms with Gasteiger partial charge in [-0.25, -0.2) is 4.98 Å². The SMILES string of the molecule is CC1(C)C(CC(=O)/C(=N\OCCOc2ccc3c(c2)CCN(CCCN=C(N)N)C3)c2csc(N)n2)C(=O)N1OS(=O)(=O)O. The Labute approximate surface area is 258 Å². The number of nitrogens with two attached hydrogens (primary N) is 3. The minimum atomic E-state index is -4.92. The molecule has 16 nitrogen and oxygen atoms in total. The van der Waals surface area contributed by atoms with Crippen LogP contribution in [0.15, 0.2) is 33.7 Å². The van der Waals surface area contributed by atoms with Gasteiger partial charge in [0.05, 0.1) is 11.5 Å². The van der Waals surface area contributed by atoms with Gasteiger partial charge in [0.2, 0.25) is 0 Å². The Hall–Kier alpha value is -3.84. The van der Waals surface area contributed by atoms with E-state index in [1.807, 2.05) is 18.2 Å². The monoisotopic (exact) mass is 652 g/mol. The van der Waals surface area contributed by atoms with Gasteiger partial charge in [0.15, 0.2) is 29.2 Å². The van der Waals surface area contributed by atoms with Crippen LogP contribution >= 0.6 is 11.3 Å². The number of anilines is 1. The van der Waals surface area contributed by atoms with Gasteiger partial charge in [-0.1, -0.05) is 11.2 Å². The number of nitrogens with zero attached hydrogens (tertiary/aromatic N) is 5. The predicted molar refractivity (Wildman–Crippen MR) is 162 cm³/mol. The van der Waals surface area contributed by atoms with Crippen LogP contribution in [0.3, 0.4) is 0 Å². The van der Waals surface area contributed by atoms with E-state index in [1.165, 1.54) is 30.4 Å². The second kappa shape index (κ2) is 13.9. The third-order valence-electron chi connectivity index (χ3n) is 7.26. The van der Waals surface area contributed by atoms with Gasteiger partial charge < -0.3 is 26.8 Å². The predicted octanol–water partition coefficient (Wildman–Crippen LogP) is 0.477. The molecule has 240 valence electrons. The van der Waals surface area contributed by atoms with Crippen molar-refractivity contribution in [1.82, 2.24) is 14.9 Å². The molecular weight excluding hydrogens is 616 g/mol. The fourth-order valence-electron chi connectivity index (χ4n) is 4.96. The number of rotatable bonds is 15. The minimum Gasteiger partial charge on any atom is -0.490 e. The van der Waals surface area contributed by atoms with Crippen LogP contribution in [0.1, 0.15) is 43.5 Å². The van der Waals surface area contributed by atoms with Gasteiger partial charge in [-0.2, -0.15) is 13.5 Å². The second-order valence-corrected chi connectivity index (χ2v) is 12.7. The maximum Gasteiger partial charge on any atom is 0.418 e. The molecule has 2 aliphatic heterocycles. The zero-order valence-corrected chi connectivity index (χ0v) is 26.0. The van der Waals surface area contributed by atoms with Crippen molar-refractivity contribution >= 4 is 50.2 Å². The number of carbonyl (C=O) groups excluding carboxylic acids is 2. The Balaban J connectivity index is 1.30. The van der Waals surface area contributed by atoms with Crippen LogP contribution in [0.2, 0.25) is 0 Å². The number of ketones is 1. The molecule has 1 fully saturated rings. The zero-order valence-electron chi connectivity index (χ0n) is 24.3. The molecule has 1 aromatic carbocycles. The molecule has 2 aromatic rings. The lowest BCUT2D eigenvalue weighted by molar-refractivity contribution is -0.228. The molecule has 44 heavy (non-hydrogen) atoms. The van der Waals surface area contributed by atoms with Gasteiger partial charge in [-0.05, 0) is 49.9 Å². The summed E-state index contributed by atoms with van der Waals surface area (Å²) >= 11 is 1.10. The molecule has 0 spiro atoms. The number of oxime groups is 1. The van der Waals surface area contributed by atoms with Crippen molar-refractivity contribution in [2.75, 3.05) is 38.6 Å². The molecule has 3 heterocycles. The van der Waals surface area contributed by atoms with Crippen molar-refractivity contribution in [2.24, 2.45) is 27.5 Å². The molecule has 0 radical (unpaired) electrons. The molecule has 0 saturated carbocycles. The largest absolute Gasteiger partial charge is 0.490 e. The molecule has 1 unspecified atom stereocenters. The molecule has 1 amide bonds. The number of Topliss-reactive ketones (excluding diaryl/α,β-unsaturated/α-hetero) is 1. The molecule has 4 rings (SSSR count). The van der Waals surface area contributed by atoms with Crippen molar-refractivity contribution in [3.63, 3.8) is 0 Å². The van der Waals surface area contributed by atoms with Gasteiger partial charge in [0, 0.05) is 38.0 Å². The van der Waals surface area contributed by atoms with Gasteiger partial charge in [-0.15, -0.1) is 15.6 Å². The molecule has 2 aliphatic rings. The van der Waals surface area contributed by atoms with Crippen LogP contribution in [-0.2, 0) is 42.1 Å². The number of hydrogen-bond donors (Lipinski definition) is 4. The molecule has 0 aliphatic carbocycles. The number of fused-ring (bicyclic) bond motifs is 1. The Morgan fingerprint density at radius 2 is 2.02 bits per heavy atom. The van der Waals surface area contributed by atoms with E-state index < -0.39 is 33.5 Å². The summed E-state index contributed by atoms with van der Waals surface area (Å²) in [6, 6.07) is 5.94. The highest BCUT2D eigenvalue weighted by Crippen LogP contribution is 2.40. The summed E-state index contributed by atoms with van der Waals surface area (Å²) in [5, 5.41) is 6.23. The van der Waals surface area contributed by atoms with Crippen LogP contribution in [-0.4, -0.2) is 89.7 Å². The summed E-state index contributed by atoms with van der Waals surface area (Å²) in [4.78, 5) is 41.6. The van der Waals surface area contributed by atoms with Crippen LogP contribution in [0, 0.1) is 5.92 Å². The van der Waals surface area contributed by atoms with Crippen LogP contribution in [0.25, 0.3) is 0 Å². The number of aliphatic imine (C=N–C) groups is 1. The number of ether oxygens (including phenoxy) is 1. The third kappa shape index (κ3) is 8.41. The average Bonchev–Trinajstić information content (AvgIpc) is 3.39. The van der Waals surface area contributed by atoms with E-state index in [9.17, 15) is 18.0 Å². The minimum absolute atomic E-state index is 0.0148. The molecule has 1 aromatic heterocycles. The first-order chi connectivity index (χ1) is 20.7. The molecule has 1 saturated heterocycles. The molecule has 18 heteroatoms. The van der Waals surface area contributed by atoms with E-state index in [0.717, 1.165) is 43.8 Å². The van der Waals surface area contributed by atoms with E-state index >= 15 is 0 Å². The van der Waals surface area contributed by atoms with Crippen molar-refractivity contribution < 1.29 is 36.4 Å². The molecule has 7 N–H and O–H groups in total. The quantitative estimate of drug-likeness (QED) is 0.0512. The fourth-order valence-corrected chi connectivity index (χ4v) is 5.97. The molecular formula is C26H36N8O8S2. The number of β-lactam (4-membered cyclic amide) rings is 1. The Morgan fingerprint density at radius 3 is 2.68 bits per heavy atom. The number of hydroxylamine groups is 2. The zero-order chi connectivity index (χ0) is 32.1. The van der Waals surface area contributed by atoms with E-state index in [4.69, 9.17) is 31.3 Å². The summed E-state index contributed by atoms with van der Waals surface area (Å²) in [5.74, 6) is -1.51. The fraction of sp³-hybridized carbons (Fsp3) is 0.500. The number of thiazole rings is 1. The number of guanidine groups is 1. The lowest BCUT2D eigenvalue weighted by Gasteiger charge is -2.50. The maximum atomic E-state index is 13.2. The third-order valence-corrected chi connectivity index (χ3v) is 8.27. The van der Waals surface area contributed by atoms with Gasteiger partial charge >= 0.3 is 10.4 Å². The van der Waals surface area contributed by atoms with Crippen molar-refractivity contribution in [3.8, 4) is 5.75 Å². The highest BCUT2D eigenvalue weighted by molar-refractivity contribution is 7.80. The molecule has 0 bridgehead atoms. The van der Waals surface area contributed by atoms with Crippen molar-refractivity contribution in [1.29, 1.82) is 0 Å². The van der Waals surface area contributed by atoms with Crippen LogP contribution in [0.5, 0.6) is 5.75 Å². The summed E-state index contributed by atoms with van der Waals surface area (Å²) in [7, 11) is -4.92. The average molecular weight is 653 g/mol. The number of aromatic nitrogens is 1. The highest BCUT2D eigenvalue weighted by Gasteiger charge is 2.57. The number of amides is 1. The summed E-state index contributed by atoms with van der Waals surface area (Å²) in [6.07, 6.45) is 1.43.